The first-order valence-electron chi connectivity index (χ1n) is 8.64. The van der Waals surface area contributed by atoms with Crippen molar-refractivity contribution < 1.29 is 13.2 Å². The first-order chi connectivity index (χ1) is 12.5. The Balaban J connectivity index is 1.72. The van der Waals surface area contributed by atoms with Crippen molar-refractivity contribution in [1.29, 1.82) is 0 Å². The summed E-state index contributed by atoms with van der Waals surface area (Å²) < 4.78 is 28.2. The van der Waals surface area contributed by atoms with E-state index in [1.54, 1.807) is 16.4 Å². The van der Waals surface area contributed by atoms with Gasteiger partial charge < -0.3 is 5.32 Å². The van der Waals surface area contributed by atoms with E-state index in [0.717, 1.165) is 29.3 Å². The molecule has 0 bridgehead atoms. The molecule has 26 heavy (non-hydrogen) atoms. The smallest absolute Gasteiger partial charge is 0.255 e. The van der Waals surface area contributed by atoms with E-state index in [-0.39, 0.29) is 10.8 Å². The highest BCUT2D eigenvalue weighted by molar-refractivity contribution is 14.1. The number of nitrogens with zero attached hydrogens (tertiary/aromatic N) is 1. The highest BCUT2D eigenvalue weighted by Gasteiger charge is 2.25. The van der Waals surface area contributed by atoms with Crippen molar-refractivity contribution in [2.45, 2.75) is 30.6 Å². The lowest BCUT2D eigenvalue weighted by molar-refractivity contribution is 0.102. The van der Waals surface area contributed by atoms with Gasteiger partial charge in [0.2, 0.25) is 10.0 Å². The van der Waals surface area contributed by atoms with Crippen LogP contribution >= 0.6 is 22.6 Å². The van der Waals surface area contributed by atoms with Crippen LogP contribution in [0.1, 0.15) is 36.0 Å². The van der Waals surface area contributed by atoms with E-state index in [0.29, 0.717) is 24.3 Å². The van der Waals surface area contributed by atoms with Crippen LogP contribution in [0, 0.1) is 3.57 Å². The summed E-state index contributed by atoms with van der Waals surface area (Å²) in [6.45, 7) is 1.13. The molecule has 1 saturated heterocycles. The van der Waals surface area contributed by atoms with E-state index in [2.05, 4.69) is 27.9 Å². The van der Waals surface area contributed by atoms with E-state index in [1.807, 2.05) is 24.3 Å². The van der Waals surface area contributed by atoms with Gasteiger partial charge in [-0.05, 0) is 84.0 Å². The predicted octanol–water partition coefficient (Wildman–Crippen LogP) is 4.11. The standard InChI is InChI=1S/C19H21IN2O3S/c20-16-7-9-17(10-8-16)21-19(23)15-5-11-18(12-6-15)26(24,25)22-13-3-1-2-4-14-22/h5-12H,1-4,13-14H2,(H,21,23). The summed E-state index contributed by atoms with van der Waals surface area (Å²) >= 11 is 2.20. The van der Waals surface area contributed by atoms with Gasteiger partial charge in [-0.3, -0.25) is 4.79 Å². The Hall–Kier alpha value is -1.45. The summed E-state index contributed by atoms with van der Waals surface area (Å²) in [5, 5.41) is 2.81. The second-order valence-electron chi connectivity index (χ2n) is 6.30. The second kappa shape index (κ2) is 8.49. The van der Waals surface area contributed by atoms with Crippen LogP contribution in [0.4, 0.5) is 5.69 Å². The molecule has 0 aliphatic carbocycles. The predicted molar refractivity (Wildman–Crippen MR) is 111 cm³/mol. The number of hydrogen-bond acceptors (Lipinski definition) is 3. The molecule has 7 heteroatoms. The fraction of sp³-hybridized carbons (Fsp3) is 0.316. The minimum absolute atomic E-state index is 0.241. The minimum atomic E-state index is -3.49. The van der Waals surface area contributed by atoms with Gasteiger partial charge in [0, 0.05) is 27.9 Å². The summed E-state index contributed by atoms with van der Waals surface area (Å²) in [6, 6.07) is 13.6. The molecule has 1 amide bonds. The number of amides is 1. The molecule has 2 aromatic rings. The first-order valence-corrected chi connectivity index (χ1v) is 11.2. The van der Waals surface area contributed by atoms with Crippen LogP contribution in [0.15, 0.2) is 53.4 Å². The van der Waals surface area contributed by atoms with E-state index < -0.39 is 10.0 Å². The molecule has 0 radical (unpaired) electrons. The normalized spacial score (nSPS) is 16.0. The van der Waals surface area contributed by atoms with E-state index in [9.17, 15) is 13.2 Å². The van der Waals surface area contributed by atoms with Crippen LogP contribution < -0.4 is 5.32 Å². The zero-order valence-corrected chi connectivity index (χ0v) is 17.3. The molecule has 0 unspecified atom stereocenters. The number of benzene rings is 2. The lowest BCUT2D eigenvalue weighted by atomic mass is 10.2. The summed E-state index contributed by atoms with van der Waals surface area (Å²) in [6.07, 6.45) is 3.94. The number of rotatable bonds is 4. The third-order valence-corrected chi connectivity index (χ3v) is 7.05. The van der Waals surface area contributed by atoms with Crippen molar-refractivity contribution in [2.75, 3.05) is 18.4 Å². The first kappa shape index (κ1) is 19.3. The van der Waals surface area contributed by atoms with Crippen LogP contribution in [0.5, 0.6) is 0 Å². The van der Waals surface area contributed by atoms with E-state index in [4.69, 9.17) is 0 Å². The van der Waals surface area contributed by atoms with Crippen LogP contribution in [-0.2, 0) is 10.0 Å². The minimum Gasteiger partial charge on any atom is -0.322 e. The molecule has 1 fully saturated rings. The van der Waals surface area contributed by atoms with Gasteiger partial charge in [-0.25, -0.2) is 8.42 Å². The Bertz CT molecular complexity index is 857. The monoisotopic (exact) mass is 484 g/mol. The quantitative estimate of drug-likeness (QED) is 0.665. The van der Waals surface area contributed by atoms with Crippen molar-refractivity contribution >= 4 is 44.2 Å². The molecule has 5 nitrogen and oxygen atoms in total. The molecule has 0 aromatic heterocycles. The van der Waals surface area contributed by atoms with Gasteiger partial charge >= 0.3 is 0 Å². The van der Waals surface area contributed by atoms with Crippen molar-refractivity contribution in [3.05, 3.63) is 57.7 Å². The highest BCUT2D eigenvalue weighted by atomic mass is 127. The molecule has 1 heterocycles. The summed E-state index contributed by atoms with van der Waals surface area (Å²) in [5.41, 5.74) is 1.13. The fourth-order valence-corrected chi connectivity index (χ4v) is 4.82. The largest absolute Gasteiger partial charge is 0.322 e. The lowest BCUT2D eigenvalue weighted by Gasteiger charge is -2.20. The van der Waals surface area contributed by atoms with E-state index in [1.165, 1.54) is 12.1 Å². The average Bonchev–Trinajstić information content (AvgIpc) is 2.94. The number of hydrogen-bond donors (Lipinski definition) is 1. The highest BCUT2D eigenvalue weighted by Crippen LogP contribution is 2.21. The van der Waals surface area contributed by atoms with Gasteiger partial charge in [-0.2, -0.15) is 4.31 Å². The van der Waals surface area contributed by atoms with Crippen LogP contribution in [0.3, 0.4) is 0 Å². The number of anilines is 1. The second-order valence-corrected chi connectivity index (χ2v) is 9.49. The van der Waals surface area contributed by atoms with Crippen LogP contribution in [-0.4, -0.2) is 31.7 Å². The molecule has 0 spiro atoms. The van der Waals surface area contributed by atoms with Gasteiger partial charge in [0.25, 0.3) is 5.91 Å². The summed E-state index contributed by atoms with van der Waals surface area (Å²) in [7, 11) is -3.49. The van der Waals surface area contributed by atoms with Crippen LogP contribution in [0.2, 0.25) is 0 Å². The third-order valence-electron chi connectivity index (χ3n) is 4.42. The zero-order valence-electron chi connectivity index (χ0n) is 14.3. The van der Waals surface area contributed by atoms with E-state index >= 15 is 0 Å². The number of halogens is 1. The lowest BCUT2D eigenvalue weighted by Crippen LogP contribution is -2.31. The summed E-state index contributed by atoms with van der Waals surface area (Å²) in [4.78, 5) is 12.6. The Morgan fingerprint density at radius 1 is 0.885 bits per heavy atom. The molecule has 1 aliphatic rings. The van der Waals surface area contributed by atoms with Gasteiger partial charge in [0.1, 0.15) is 0 Å². The molecular formula is C19H21IN2O3S. The van der Waals surface area contributed by atoms with Gasteiger partial charge in [0.15, 0.2) is 0 Å². The Morgan fingerprint density at radius 3 is 2.04 bits per heavy atom. The van der Waals surface area contributed by atoms with Crippen LogP contribution in [0.25, 0.3) is 0 Å². The van der Waals surface area contributed by atoms with Crippen molar-refractivity contribution in [1.82, 2.24) is 4.31 Å². The Morgan fingerprint density at radius 2 is 1.46 bits per heavy atom. The van der Waals surface area contributed by atoms with Crippen molar-refractivity contribution in [2.24, 2.45) is 0 Å². The van der Waals surface area contributed by atoms with Crippen molar-refractivity contribution in [3.8, 4) is 0 Å². The maximum absolute atomic E-state index is 12.8. The molecule has 3 rings (SSSR count). The molecule has 1 aliphatic heterocycles. The molecular weight excluding hydrogens is 463 g/mol. The van der Waals surface area contributed by atoms with Gasteiger partial charge in [-0.1, -0.05) is 12.8 Å². The zero-order chi connectivity index (χ0) is 18.6. The Labute approximate surface area is 168 Å². The number of carbonyl (C=O) groups is 1. The van der Waals surface area contributed by atoms with Gasteiger partial charge in [0.05, 0.1) is 4.90 Å². The van der Waals surface area contributed by atoms with Crippen molar-refractivity contribution in [3.63, 3.8) is 0 Å². The Kier molecular flexibility index (Phi) is 6.31. The fourth-order valence-electron chi connectivity index (χ4n) is 2.95. The summed E-state index contributed by atoms with van der Waals surface area (Å²) in [5.74, 6) is -0.259. The number of carbonyl (C=O) groups excluding carboxylic acids is 1. The average molecular weight is 484 g/mol. The third kappa shape index (κ3) is 4.63. The maximum Gasteiger partial charge on any atom is 0.255 e. The molecule has 0 saturated carbocycles. The topological polar surface area (TPSA) is 66.5 Å². The molecule has 1 N–H and O–H groups in total. The van der Waals surface area contributed by atoms with Gasteiger partial charge in [-0.15, -0.1) is 0 Å². The number of nitrogens with one attached hydrogen (secondary N) is 1. The SMILES string of the molecule is O=C(Nc1ccc(I)cc1)c1ccc(S(=O)(=O)N2CCCCCC2)cc1. The maximum atomic E-state index is 12.8. The number of sulfonamides is 1. The molecule has 2 aromatic carbocycles. The molecule has 0 atom stereocenters. The molecule has 138 valence electrons.